The van der Waals surface area contributed by atoms with Gasteiger partial charge in [0, 0.05) is 25.7 Å². The quantitative estimate of drug-likeness (QED) is 0.0222. The molecule has 0 fully saturated rings. The predicted octanol–water partition coefficient (Wildman–Crippen LogP) is 23.5. The molecule has 0 aliphatic heterocycles. The van der Waals surface area contributed by atoms with E-state index in [1.54, 1.807) is 0 Å². The number of ether oxygens (including phenoxy) is 4. The van der Waals surface area contributed by atoms with E-state index in [-0.39, 0.29) is 25.7 Å². The number of phosphoric ester groups is 2. The van der Waals surface area contributed by atoms with E-state index in [1.165, 1.54) is 231 Å². The number of carbonyl (C=O) groups is 4. The maximum atomic E-state index is 13.1. The molecule has 6 atom stereocenters. The molecule has 0 aliphatic carbocycles. The Morgan fingerprint density at radius 2 is 0.520 bits per heavy atom. The SMILES string of the molecule is CCCCCCCCCCCCCCCCCCCCC(=O)O[C@H](COC(=O)CCCCCCCCCCCCCCCC(C)C)COP(=O)(O)OC[C@@H](O)COP(=O)(O)OC[C@@H](COC(=O)CCCCCCCCCCCC)OC(=O)CCCCCCCCCCCCC(C)CC. The van der Waals surface area contributed by atoms with Crippen molar-refractivity contribution in [3.8, 4) is 0 Å². The van der Waals surface area contributed by atoms with Gasteiger partial charge in [0.2, 0.25) is 0 Å². The molecule has 0 amide bonds. The Morgan fingerprint density at radius 1 is 0.296 bits per heavy atom. The Morgan fingerprint density at radius 3 is 0.776 bits per heavy atom. The van der Waals surface area contributed by atoms with Gasteiger partial charge >= 0.3 is 39.5 Å². The number of phosphoric acid groups is 2. The third-order valence-corrected chi connectivity index (χ3v) is 20.7. The summed E-state index contributed by atoms with van der Waals surface area (Å²) in [7, 11) is -9.92. The summed E-state index contributed by atoms with van der Waals surface area (Å²) in [5, 5.41) is 10.6. The number of esters is 4. The number of hydrogen-bond donors (Lipinski definition) is 3. The van der Waals surface area contributed by atoms with Crippen LogP contribution in [0.3, 0.4) is 0 Å². The molecule has 582 valence electrons. The molecule has 0 aliphatic rings. The molecule has 0 saturated carbocycles. The van der Waals surface area contributed by atoms with Crippen molar-refractivity contribution >= 4 is 39.5 Å². The zero-order valence-corrected chi connectivity index (χ0v) is 65.9. The van der Waals surface area contributed by atoms with Crippen molar-refractivity contribution in [2.75, 3.05) is 39.6 Å². The maximum absolute atomic E-state index is 13.1. The molecule has 0 aromatic rings. The topological polar surface area (TPSA) is 237 Å². The van der Waals surface area contributed by atoms with E-state index in [2.05, 4.69) is 41.5 Å². The Balaban J connectivity index is 5.25. The highest BCUT2D eigenvalue weighted by Gasteiger charge is 2.30. The standard InChI is InChI=1S/C79H154O17P2/c1-7-10-12-14-16-18-20-21-22-23-24-25-28-32-39-45-51-57-63-78(83)95-75(68-90-77(82)62-56-50-44-38-31-29-26-27-30-35-41-47-53-59-71(4)5)70-94-98(87,88)92-66-73(80)65-91-97(85,86)93-69-74(67-89-76(81)61-55-49-43-37-19-17-15-13-11-8-2)96-79(84)64-58-52-46-40-34-33-36-42-48-54-60-72(6)9-3/h71-75,80H,7-70H2,1-6H3,(H,85,86)(H,87,88)/t72?,73-,74+,75+/m0/s1. The van der Waals surface area contributed by atoms with Crippen LogP contribution in [0.25, 0.3) is 0 Å². The van der Waals surface area contributed by atoms with Crippen LogP contribution in [-0.4, -0.2) is 96.7 Å². The molecule has 3 unspecified atom stereocenters. The van der Waals surface area contributed by atoms with Crippen molar-refractivity contribution in [3.05, 3.63) is 0 Å². The molecule has 0 aromatic heterocycles. The van der Waals surface area contributed by atoms with Gasteiger partial charge in [-0.3, -0.25) is 37.3 Å². The lowest BCUT2D eigenvalue weighted by atomic mass is 9.99. The van der Waals surface area contributed by atoms with E-state index < -0.39 is 97.5 Å². The number of carbonyl (C=O) groups excluding carboxylic acids is 4. The normalized spacial score (nSPS) is 14.2. The van der Waals surface area contributed by atoms with Gasteiger partial charge in [-0.2, -0.15) is 0 Å². The Kier molecular flexibility index (Phi) is 69.3. The first-order valence-corrected chi connectivity index (χ1v) is 44.0. The minimum Gasteiger partial charge on any atom is -0.462 e. The second kappa shape index (κ2) is 70.7. The third kappa shape index (κ3) is 71.1. The Bertz CT molecular complexity index is 1890. The van der Waals surface area contributed by atoms with Crippen molar-refractivity contribution in [3.63, 3.8) is 0 Å². The fourth-order valence-electron chi connectivity index (χ4n) is 12.2. The fraction of sp³-hybridized carbons (Fsp3) is 0.949. The number of aliphatic hydroxyl groups excluding tert-OH is 1. The molecule has 0 bridgehead atoms. The molecule has 17 nitrogen and oxygen atoms in total. The van der Waals surface area contributed by atoms with Crippen molar-refractivity contribution in [1.29, 1.82) is 0 Å². The van der Waals surface area contributed by atoms with Crippen molar-refractivity contribution in [1.82, 2.24) is 0 Å². The number of rotatable bonds is 78. The van der Waals surface area contributed by atoms with Gasteiger partial charge in [-0.1, -0.05) is 363 Å². The molecule has 0 rings (SSSR count). The predicted molar refractivity (Wildman–Crippen MR) is 400 cm³/mol. The van der Waals surface area contributed by atoms with Gasteiger partial charge in [0.05, 0.1) is 26.4 Å². The van der Waals surface area contributed by atoms with Gasteiger partial charge in [-0.15, -0.1) is 0 Å². The molecule has 3 N–H and O–H groups in total. The molecule has 0 radical (unpaired) electrons. The lowest BCUT2D eigenvalue weighted by Gasteiger charge is -2.21. The summed E-state index contributed by atoms with van der Waals surface area (Å²) in [6.45, 7) is 9.66. The van der Waals surface area contributed by atoms with Gasteiger partial charge in [0.1, 0.15) is 19.3 Å². The number of hydrogen-bond acceptors (Lipinski definition) is 15. The van der Waals surface area contributed by atoms with Crippen LogP contribution in [0.4, 0.5) is 0 Å². The highest BCUT2D eigenvalue weighted by molar-refractivity contribution is 7.47. The van der Waals surface area contributed by atoms with Gasteiger partial charge in [-0.25, -0.2) is 9.13 Å². The van der Waals surface area contributed by atoms with Gasteiger partial charge in [0.15, 0.2) is 12.2 Å². The molecule has 98 heavy (non-hydrogen) atoms. The second-order valence-corrected chi connectivity index (χ2v) is 32.1. The average molecular weight is 1440 g/mol. The van der Waals surface area contributed by atoms with E-state index in [0.29, 0.717) is 25.7 Å². The first kappa shape index (κ1) is 96.1. The summed E-state index contributed by atoms with van der Waals surface area (Å²) < 4.78 is 68.7. The van der Waals surface area contributed by atoms with E-state index in [0.717, 1.165) is 102 Å². The summed E-state index contributed by atoms with van der Waals surface area (Å²) >= 11 is 0. The smallest absolute Gasteiger partial charge is 0.462 e. The second-order valence-electron chi connectivity index (χ2n) is 29.2. The maximum Gasteiger partial charge on any atom is 0.472 e. The lowest BCUT2D eigenvalue weighted by Crippen LogP contribution is -2.30. The summed E-state index contributed by atoms with van der Waals surface area (Å²) in [6, 6.07) is 0. The summed E-state index contributed by atoms with van der Waals surface area (Å²) in [6.07, 6.45) is 59.5. The monoisotopic (exact) mass is 1440 g/mol. The first-order chi connectivity index (χ1) is 47.4. The zero-order chi connectivity index (χ0) is 72.1. The summed E-state index contributed by atoms with van der Waals surface area (Å²) in [4.78, 5) is 72.9. The summed E-state index contributed by atoms with van der Waals surface area (Å²) in [5.74, 6) is -0.516. The molecule has 0 heterocycles. The van der Waals surface area contributed by atoms with Crippen LogP contribution >= 0.6 is 15.6 Å². The van der Waals surface area contributed by atoms with Crippen LogP contribution in [0, 0.1) is 11.8 Å². The fourth-order valence-corrected chi connectivity index (χ4v) is 13.7. The Hall–Kier alpha value is -1.94. The van der Waals surface area contributed by atoms with Gasteiger partial charge < -0.3 is 33.8 Å². The minimum atomic E-state index is -4.96. The van der Waals surface area contributed by atoms with E-state index in [9.17, 15) is 43.2 Å². The Labute approximate surface area is 600 Å². The van der Waals surface area contributed by atoms with Crippen LogP contribution in [0.2, 0.25) is 0 Å². The molecule has 19 heteroatoms. The van der Waals surface area contributed by atoms with Gasteiger partial charge in [0.25, 0.3) is 0 Å². The zero-order valence-electron chi connectivity index (χ0n) is 64.1. The molecular formula is C79H154O17P2. The largest absolute Gasteiger partial charge is 0.472 e. The van der Waals surface area contributed by atoms with Crippen LogP contribution < -0.4 is 0 Å². The average Bonchev–Trinajstić information content (AvgIpc) is 0.949. The third-order valence-electron chi connectivity index (χ3n) is 18.8. The van der Waals surface area contributed by atoms with Crippen molar-refractivity contribution in [2.45, 2.75) is 432 Å². The van der Waals surface area contributed by atoms with Crippen LogP contribution in [-0.2, 0) is 65.4 Å². The van der Waals surface area contributed by atoms with E-state index >= 15 is 0 Å². The first-order valence-electron chi connectivity index (χ1n) is 41.0. The number of unbranched alkanes of at least 4 members (excludes halogenated alkanes) is 47. The highest BCUT2D eigenvalue weighted by Crippen LogP contribution is 2.45. The molecule has 0 aromatic carbocycles. The van der Waals surface area contributed by atoms with Crippen molar-refractivity contribution in [2.24, 2.45) is 11.8 Å². The molecular weight excluding hydrogens is 1280 g/mol. The van der Waals surface area contributed by atoms with E-state index in [4.69, 9.17) is 37.0 Å². The van der Waals surface area contributed by atoms with Crippen LogP contribution in [0.1, 0.15) is 414 Å². The van der Waals surface area contributed by atoms with Gasteiger partial charge in [-0.05, 0) is 37.5 Å². The minimum absolute atomic E-state index is 0.107. The molecule has 0 saturated heterocycles. The molecule has 0 spiro atoms. The number of aliphatic hydroxyl groups is 1. The summed E-state index contributed by atoms with van der Waals surface area (Å²) in [5.41, 5.74) is 0. The van der Waals surface area contributed by atoms with Crippen LogP contribution in [0.5, 0.6) is 0 Å². The lowest BCUT2D eigenvalue weighted by molar-refractivity contribution is -0.161. The van der Waals surface area contributed by atoms with Crippen molar-refractivity contribution < 1.29 is 80.2 Å². The van der Waals surface area contributed by atoms with Crippen LogP contribution in [0.15, 0.2) is 0 Å². The highest BCUT2D eigenvalue weighted by atomic mass is 31.2. The van der Waals surface area contributed by atoms with E-state index in [1.807, 2.05) is 0 Å².